The molecule has 5 heteroatoms. The third-order valence-electron chi connectivity index (χ3n) is 4.15. The topological polar surface area (TPSA) is 50.4 Å². The van der Waals surface area contributed by atoms with Crippen LogP contribution in [0.3, 0.4) is 0 Å². The molecule has 0 saturated heterocycles. The van der Waals surface area contributed by atoms with Crippen LogP contribution in [0.4, 0.5) is 11.4 Å². The van der Waals surface area contributed by atoms with Gasteiger partial charge in [-0.3, -0.25) is 0 Å². The maximum absolute atomic E-state index is 11.7. The number of anilines is 2. The lowest BCUT2D eigenvalue weighted by atomic mass is 9.65. The molecule has 1 aliphatic heterocycles. The summed E-state index contributed by atoms with van der Waals surface area (Å²) in [5, 5.41) is 9.38. The molecule has 0 bridgehead atoms. The normalized spacial score (nSPS) is 12.5. The molecule has 0 aromatic heterocycles. The van der Waals surface area contributed by atoms with Crippen LogP contribution in [0.15, 0.2) is 60.7 Å². The van der Waals surface area contributed by atoms with Crippen LogP contribution in [0, 0.1) is 0 Å². The van der Waals surface area contributed by atoms with E-state index in [1.54, 1.807) is 6.07 Å². The van der Waals surface area contributed by atoms with E-state index in [9.17, 15) is 4.79 Å². The molecular formula is C18H15BN2O2. The van der Waals surface area contributed by atoms with Crippen molar-refractivity contribution < 1.29 is 9.53 Å². The summed E-state index contributed by atoms with van der Waals surface area (Å²) >= 11 is 0. The summed E-state index contributed by atoms with van der Waals surface area (Å²) in [6.07, 6.45) is 0. The molecule has 112 valence electrons. The quantitative estimate of drug-likeness (QED) is 0.564. The predicted octanol–water partition coefficient (Wildman–Crippen LogP) is 2.86. The molecule has 0 saturated carbocycles. The largest absolute Gasteiger partial charge is 0.465 e. The van der Waals surface area contributed by atoms with Crippen molar-refractivity contribution in [1.82, 2.24) is 0 Å². The summed E-state index contributed by atoms with van der Waals surface area (Å²) in [7, 11) is 1.39. The van der Waals surface area contributed by atoms with Gasteiger partial charge in [0.1, 0.15) is 0 Å². The van der Waals surface area contributed by atoms with Crippen LogP contribution >= 0.6 is 0 Å². The second-order valence-electron chi connectivity index (χ2n) is 5.55. The van der Waals surface area contributed by atoms with Crippen LogP contribution in [-0.4, -0.2) is 20.1 Å². The van der Waals surface area contributed by atoms with E-state index >= 15 is 0 Å². The Labute approximate surface area is 134 Å². The van der Waals surface area contributed by atoms with Gasteiger partial charge in [0.2, 0.25) is 0 Å². The first kappa shape index (κ1) is 13.7. The van der Waals surface area contributed by atoms with E-state index in [1.807, 2.05) is 30.3 Å². The van der Waals surface area contributed by atoms with E-state index in [0.29, 0.717) is 5.56 Å². The molecule has 0 atom stereocenters. The van der Waals surface area contributed by atoms with Crippen LogP contribution in [0.25, 0.3) is 10.8 Å². The van der Waals surface area contributed by atoms with Crippen LogP contribution in [0.2, 0.25) is 0 Å². The van der Waals surface area contributed by atoms with Gasteiger partial charge in [-0.1, -0.05) is 36.4 Å². The van der Waals surface area contributed by atoms with E-state index in [4.69, 9.17) is 4.74 Å². The van der Waals surface area contributed by atoms with Crippen molar-refractivity contribution in [3.63, 3.8) is 0 Å². The zero-order chi connectivity index (χ0) is 15.8. The molecule has 2 N–H and O–H groups in total. The SMILES string of the molecule is COC(=O)c1cccc(B2Nc3cccc4cccc(c34)N2)c1. The highest BCUT2D eigenvalue weighted by Gasteiger charge is 2.25. The molecule has 0 amide bonds. The van der Waals surface area contributed by atoms with E-state index < -0.39 is 0 Å². The Morgan fingerprint density at radius 2 is 1.61 bits per heavy atom. The number of hydrogen-bond acceptors (Lipinski definition) is 4. The first-order chi connectivity index (χ1) is 11.3. The molecule has 0 fully saturated rings. The Kier molecular flexibility index (Phi) is 3.19. The first-order valence-electron chi connectivity index (χ1n) is 7.49. The number of nitrogens with one attached hydrogen (secondary N) is 2. The van der Waals surface area contributed by atoms with E-state index in [-0.39, 0.29) is 13.0 Å². The Bertz CT molecular complexity index is 870. The number of methoxy groups -OCH3 is 1. The molecule has 1 aliphatic rings. The van der Waals surface area contributed by atoms with Gasteiger partial charge in [0.05, 0.1) is 12.7 Å². The lowest BCUT2D eigenvalue weighted by Gasteiger charge is -2.27. The van der Waals surface area contributed by atoms with Gasteiger partial charge in [-0.05, 0) is 35.1 Å². The molecule has 4 nitrogen and oxygen atoms in total. The van der Waals surface area contributed by atoms with Gasteiger partial charge in [-0.25, -0.2) is 4.79 Å². The van der Waals surface area contributed by atoms with Crippen molar-refractivity contribution in [1.29, 1.82) is 0 Å². The van der Waals surface area contributed by atoms with E-state index in [0.717, 1.165) is 16.8 Å². The molecule has 0 aliphatic carbocycles. The monoisotopic (exact) mass is 302 g/mol. The van der Waals surface area contributed by atoms with Crippen molar-refractivity contribution in [3.8, 4) is 0 Å². The minimum atomic E-state index is -0.329. The van der Waals surface area contributed by atoms with Gasteiger partial charge in [0.25, 0.3) is 0 Å². The van der Waals surface area contributed by atoms with Crippen LogP contribution in [0.5, 0.6) is 0 Å². The zero-order valence-electron chi connectivity index (χ0n) is 12.7. The minimum absolute atomic E-state index is 0.0971. The average Bonchev–Trinajstić information content (AvgIpc) is 2.61. The van der Waals surface area contributed by atoms with Crippen LogP contribution in [0.1, 0.15) is 10.4 Å². The summed E-state index contributed by atoms with van der Waals surface area (Å²) in [6, 6.07) is 19.9. The third-order valence-corrected chi connectivity index (χ3v) is 4.15. The highest BCUT2D eigenvalue weighted by Crippen LogP contribution is 2.33. The number of benzene rings is 3. The average molecular weight is 302 g/mol. The second-order valence-corrected chi connectivity index (χ2v) is 5.55. The fraction of sp³-hybridized carbons (Fsp3) is 0.0556. The minimum Gasteiger partial charge on any atom is -0.465 e. The fourth-order valence-corrected chi connectivity index (χ4v) is 3.06. The molecule has 1 heterocycles. The molecule has 0 unspecified atom stereocenters. The maximum atomic E-state index is 11.7. The highest BCUT2D eigenvalue weighted by molar-refractivity contribution is 6.80. The summed E-state index contributed by atoms with van der Waals surface area (Å²) in [5.41, 5.74) is 3.71. The number of hydrogen-bond donors (Lipinski definition) is 2. The summed E-state index contributed by atoms with van der Waals surface area (Å²) in [5.74, 6) is -0.329. The predicted molar refractivity (Wildman–Crippen MR) is 94.4 cm³/mol. The van der Waals surface area contributed by atoms with Gasteiger partial charge >= 0.3 is 13.0 Å². The maximum Gasteiger partial charge on any atom is 0.406 e. The number of carbonyl (C=O) groups excluding carboxylic acids is 1. The molecule has 23 heavy (non-hydrogen) atoms. The van der Waals surface area contributed by atoms with Crippen molar-refractivity contribution >= 4 is 40.6 Å². The Hall–Kier alpha value is -2.95. The molecule has 0 spiro atoms. The smallest absolute Gasteiger partial charge is 0.406 e. The fourth-order valence-electron chi connectivity index (χ4n) is 3.06. The first-order valence-corrected chi connectivity index (χ1v) is 7.49. The Balaban J connectivity index is 1.75. The van der Waals surface area contributed by atoms with Crippen molar-refractivity contribution in [2.75, 3.05) is 17.6 Å². The van der Waals surface area contributed by atoms with Gasteiger partial charge < -0.3 is 15.2 Å². The molecular weight excluding hydrogens is 287 g/mol. The molecule has 0 radical (unpaired) electrons. The summed E-state index contributed by atoms with van der Waals surface area (Å²) in [4.78, 5) is 11.7. The van der Waals surface area contributed by atoms with E-state index in [1.165, 1.54) is 17.9 Å². The van der Waals surface area contributed by atoms with E-state index in [2.05, 4.69) is 34.7 Å². The number of ether oxygens (including phenoxy) is 1. The lowest BCUT2D eigenvalue weighted by molar-refractivity contribution is 0.0601. The molecule has 3 aromatic carbocycles. The molecule has 3 aromatic rings. The van der Waals surface area contributed by atoms with Crippen molar-refractivity contribution in [3.05, 3.63) is 66.2 Å². The number of esters is 1. The number of rotatable bonds is 2. The molecule has 4 rings (SSSR count). The van der Waals surface area contributed by atoms with Gasteiger partial charge in [0.15, 0.2) is 0 Å². The third kappa shape index (κ3) is 2.30. The lowest BCUT2D eigenvalue weighted by Crippen LogP contribution is -2.48. The van der Waals surface area contributed by atoms with Gasteiger partial charge in [0, 0.05) is 16.8 Å². The van der Waals surface area contributed by atoms with Crippen LogP contribution in [-0.2, 0) is 4.74 Å². The standard InChI is InChI=1S/C18H15BN2O2/c1-23-18(22)13-7-2-8-14(11-13)19-20-15-9-3-5-12-6-4-10-16(21-19)17(12)15/h2-11,20-21H,1H3. The second kappa shape index (κ2) is 5.36. The van der Waals surface area contributed by atoms with Gasteiger partial charge in [-0.2, -0.15) is 0 Å². The zero-order valence-corrected chi connectivity index (χ0v) is 12.7. The Morgan fingerprint density at radius 1 is 0.957 bits per heavy atom. The van der Waals surface area contributed by atoms with Crippen molar-refractivity contribution in [2.24, 2.45) is 0 Å². The highest BCUT2D eigenvalue weighted by atomic mass is 16.5. The van der Waals surface area contributed by atoms with Crippen molar-refractivity contribution in [2.45, 2.75) is 0 Å². The summed E-state index contributed by atoms with van der Waals surface area (Å²) < 4.78 is 4.80. The number of carbonyl (C=O) groups is 1. The van der Waals surface area contributed by atoms with Gasteiger partial charge in [-0.15, -0.1) is 0 Å². The summed E-state index contributed by atoms with van der Waals surface area (Å²) in [6.45, 7) is -0.0971. The Morgan fingerprint density at radius 3 is 2.26 bits per heavy atom. The van der Waals surface area contributed by atoms with Crippen LogP contribution < -0.4 is 15.9 Å².